The quantitative estimate of drug-likeness (QED) is 0.855. The van der Waals surface area contributed by atoms with Gasteiger partial charge in [-0.25, -0.2) is 9.97 Å². The molecule has 0 bridgehead atoms. The molecule has 20 heavy (non-hydrogen) atoms. The number of carbonyl (C=O) groups excluding carboxylic acids is 1. The monoisotopic (exact) mass is 399 g/mol. The Balaban J connectivity index is 2.01. The zero-order valence-corrected chi connectivity index (χ0v) is 13.7. The van der Waals surface area contributed by atoms with Gasteiger partial charge in [0.2, 0.25) is 5.91 Å². The van der Waals surface area contributed by atoms with Crippen molar-refractivity contribution in [2.24, 2.45) is 0 Å². The third kappa shape index (κ3) is 4.01. The molecule has 0 saturated heterocycles. The van der Waals surface area contributed by atoms with Crippen molar-refractivity contribution in [3.05, 3.63) is 45.2 Å². The summed E-state index contributed by atoms with van der Waals surface area (Å²) in [5.74, 6) is 0.995. The molecule has 2 aromatic rings. The summed E-state index contributed by atoms with van der Waals surface area (Å²) in [6.45, 7) is 0. The first-order valence-electron chi connectivity index (χ1n) is 5.69. The predicted octanol–water partition coefficient (Wildman–Crippen LogP) is 3.19. The maximum absolute atomic E-state index is 11.9. The highest BCUT2D eigenvalue weighted by Gasteiger charge is 2.09. The van der Waals surface area contributed by atoms with Crippen molar-refractivity contribution in [1.82, 2.24) is 9.97 Å². The molecular formula is C13H11Br2N3O2. The lowest BCUT2D eigenvalue weighted by atomic mass is 10.1. The standard InChI is InChI=1S/C13H11Br2N3O2/c1-20-9-4-2-8(3-5-9)6-11(19)18-13-12(15)17-10(14)7-16-13/h2-5,7H,6H2,1H3,(H,16,18,19). The van der Waals surface area contributed by atoms with Crippen LogP contribution >= 0.6 is 31.9 Å². The van der Waals surface area contributed by atoms with Gasteiger partial charge in [0.05, 0.1) is 19.7 Å². The second-order valence-corrected chi connectivity index (χ2v) is 5.47. The number of methoxy groups -OCH3 is 1. The van der Waals surface area contributed by atoms with Crippen LogP contribution in [0, 0.1) is 0 Å². The van der Waals surface area contributed by atoms with Crippen LogP contribution in [0.1, 0.15) is 5.56 Å². The van der Waals surface area contributed by atoms with E-state index in [0.717, 1.165) is 11.3 Å². The predicted molar refractivity (Wildman–Crippen MR) is 82.8 cm³/mol. The molecule has 0 fully saturated rings. The van der Waals surface area contributed by atoms with Crippen LogP contribution < -0.4 is 10.1 Å². The minimum absolute atomic E-state index is 0.160. The third-order valence-electron chi connectivity index (χ3n) is 2.48. The minimum atomic E-state index is -0.160. The first-order valence-corrected chi connectivity index (χ1v) is 7.28. The van der Waals surface area contributed by atoms with E-state index in [4.69, 9.17) is 4.74 Å². The highest BCUT2D eigenvalue weighted by Crippen LogP contribution is 2.19. The smallest absolute Gasteiger partial charge is 0.230 e. The molecule has 1 N–H and O–H groups in total. The van der Waals surface area contributed by atoms with Crippen LogP contribution in [-0.2, 0) is 11.2 Å². The molecule has 1 heterocycles. The van der Waals surface area contributed by atoms with Crippen LogP contribution in [-0.4, -0.2) is 23.0 Å². The van der Waals surface area contributed by atoms with Crippen LogP contribution in [0.2, 0.25) is 0 Å². The minimum Gasteiger partial charge on any atom is -0.497 e. The molecule has 7 heteroatoms. The molecule has 0 spiro atoms. The summed E-state index contributed by atoms with van der Waals surface area (Å²) in [5, 5.41) is 2.70. The first-order chi connectivity index (χ1) is 9.58. The largest absolute Gasteiger partial charge is 0.497 e. The average Bonchev–Trinajstić information content (AvgIpc) is 2.43. The summed E-state index contributed by atoms with van der Waals surface area (Å²) in [7, 11) is 1.60. The summed E-state index contributed by atoms with van der Waals surface area (Å²) < 4.78 is 6.14. The van der Waals surface area contributed by atoms with E-state index >= 15 is 0 Å². The number of anilines is 1. The molecule has 104 valence electrons. The Morgan fingerprint density at radius 2 is 2.00 bits per heavy atom. The zero-order chi connectivity index (χ0) is 14.5. The number of ether oxygens (including phenoxy) is 1. The Labute approximate surface area is 133 Å². The number of aromatic nitrogens is 2. The van der Waals surface area contributed by atoms with Gasteiger partial charge in [-0.2, -0.15) is 0 Å². The van der Waals surface area contributed by atoms with Crippen molar-refractivity contribution < 1.29 is 9.53 Å². The topological polar surface area (TPSA) is 64.1 Å². The van der Waals surface area contributed by atoms with Gasteiger partial charge in [-0.1, -0.05) is 12.1 Å². The van der Waals surface area contributed by atoms with Crippen molar-refractivity contribution in [3.8, 4) is 5.75 Å². The van der Waals surface area contributed by atoms with Crippen molar-refractivity contribution in [2.75, 3.05) is 12.4 Å². The summed E-state index contributed by atoms with van der Waals surface area (Å²) in [6, 6.07) is 7.33. The molecule has 1 aromatic carbocycles. The normalized spacial score (nSPS) is 10.2. The molecule has 0 radical (unpaired) electrons. The SMILES string of the molecule is COc1ccc(CC(=O)Nc2ncc(Br)nc2Br)cc1. The van der Waals surface area contributed by atoms with E-state index in [1.165, 1.54) is 6.20 Å². The summed E-state index contributed by atoms with van der Waals surface area (Å²) in [5.41, 5.74) is 0.893. The molecule has 5 nitrogen and oxygen atoms in total. The highest BCUT2D eigenvalue weighted by atomic mass is 79.9. The van der Waals surface area contributed by atoms with Crippen molar-refractivity contribution in [2.45, 2.75) is 6.42 Å². The molecule has 2 rings (SSSR count). The number of nitrogens with one attached hydrogen (secondary N) is 1. The highest BCUT2D eigenvalue weighted by molar-refractivity contribution is 9.11. The maximum atomic E-state index is 11.9. The van der Waals surface area contributed by atoms with E-state index in [0.29, 0.717) is 15.0 Å². The Bertz CT molecular complexity index is 618. The van der Waals surface area contributed by atoms with Gasteiger partial charge >= 0.3 is 0 Å². The van der Waals surface area contributed by atoms with E-state index in [1.807, 2.05) is 24.3 Å². The zero-order valence-electron chi connectivity index (χ0n) is 10.6. The summed E-state index contributed by atoms with van der Waals surface area (Å²) in [6.07, 6.45) is 1.78. The van der Waals surface area contributed by atoms with Crippen LogP contribution in [0.3, 0.4) is 0 Å². The number of benzene rings is 1. The lowest BCUT2D eigenvalue weighted by Gasteiger charge is -2.06. The average molecular weight is 401 g/mol. The van der Waals surface area contributed by atoms with Gasteiger partial charge in [-0.05, 0) is 49.6 Å². The lowest BCUT2D eigenvalue weighted by molar-refractivity contribution is -0.115. The van der Waals surface area contributed by atoms with Crippen LogP contribution in [0.25, 0.3) is 0 Å². The lowest BCUT2D eigenvalue weighted by Crippen LogP contribution is -2.16. The number of amides is 1. The molecule has 0 saturated carbocycles. The Kier molecular flexibility index (Phi) is 5.08. The second kappa shape index (κ2) is 6.81. The van der Waals surface area contributed by atoms with Gasteiger partial charge in [-0.15, -0.1) is 0 Å². The van der Waals surface area contributed by atoms with Gasteiger partial charge in [0.15, 0.2) is 5.82 Å². The molecule has 0 aliphatic carbocycles. The number of nitrogens with zero attached hydrogens (tertiary/aromatic N) is 2. The third-order valence-corrected chi connectivity index (χ3v) is 3.42. The Morgan fingerprint density at radius 3 is 2.60 bits per heavy atom. The molecule has 0 aliphatic rings. The second-order valence-electron chi connectivity index (χ2n) is 3.91. The van der Waals surface area contributed by atoms with Crippen molar-refractivity contribution in [1.29, 1.82) is 0 Å². The first kappa shape index (κ1) is 14.9. The van der Waals surface area contributed by atoms with Gasteiger partial charge in [0.25, 0.3) is 0 Å². The Morgan fingerprint density at radius 1 is 1.30 bits per heavy atom. The number of rotatable bonds is 4. The van der Waals surface area contributed by atoms with Crippen molar-refractivity contribution in [3.63, 3.8) is 0 Å². The van der Waals surface area contributed by atoms with Crippen LogP contribution in [0.4, 0.5) is 5.82 Å². The number of hydrogen-bond acceptors (Lipinski definition) is 4. The van der Waals surface area contributed by atoms with Gasteiger partial charge < -0.3 is 10.1 Å². The van der Waals surface area contributed by atoms with E-state index in [2.05, 4.69) is 47.1 Å². The fraction of sp³-hybridized carbons (Fsp3) is 0.154. The van der Waals surface area contributed by atoms with E-state index in [1.54, 1.807) is 7.11 Å². The number of hydrogen-bond donors (Lipinski definition) is 1. The molecule has 0 atom stereocenters. The fourth-order valence-electron chi connectivity index (χ4n) is 1.54. The fourth-order valence-corrected chi connectivity index (χ4v) is 2.45. The van der Waals surface area contributed by atoms with Gasteiger partial charge in [0, 0.05) is 0 Å². The van der Waals surface area contributed by atoms with Gasteiger partial charge in [0.1, 0.15) is 15.0 Å². The van der Waals surface area contributed by atoms with E-state index in [9.17, 15) is 4.79 Å². The van der Waals surface area contributed by atoms with Crippen LogP contribution in [0.15, 0.2) is 39.7 Å². The molecule has 1 aromatic heterocycles. The van der Waals surface area contributed by atoms with Crippen molar-refractivity contribution >= 4 is 43.6 Å². The summed E-state index contributed by atoms with van der Waals surface area (Å²) in [4.78, 5) is 20.1. The number of halogens is 2. The molecule has 1 amide bonds. The molecule has 0 unspecified atom stereocenters. The van der Waals surface area contributed by atoms with E-state index in [-0.39, 0.29) is 12.3 Å². The Hall–Kier alpha value is -1.47. The van der Waals surface area contributed by atoms with Crippen LogP contribution in [0.5, 0.6) is 5.75 Å². The van der Waals surface area contributed by atoms with Gasteiger partial charge in [-0.3, -0.25) is 4.79 Å². The molecular weight excluding hydrogens is 390 g/mol. The summed E-state index contributed by atoms with van der Waals surface area (Å²) >= 11 is 6.45. The molecule has 0 aliphatic heterocycles. The number of carbonyl (C=O) groups is 1. The van der Waals surface area contributed by atoms with E-state index < -0.39 is 0 Å². The maximum Gasteiger partial charge on any atom is 0.230 e.